The van der Waals surface area contributed by atoms with Crippen LogP contribution in [-0.2, 0) is 6.42 Å². The van der Waals surface area contributed by atoms with Gasteiger partial charge in [-0.15, -0.1) is 6.58 Å². The molecule has 116 valence electrons. The number of aromatic nitrogens is 1. The zero-order valence-corrected chi connectivity index (χ0v) is 12.5. The molecule has 0 atom stereocenters. The van der Waals surface area contributed by atoms with Crippen LogP contribution in [-0.4, -0.2) is 31.2 Å². The smallest absolute Gasteiger partial charge is 0.315 e. The molecular formula is C16H19N3O3. The molecule has 6 nitrogen and oxygen atoms in total. The number of oxazole rings is 1. The summed E-state index contributed by atoms with van der Waals surface area (Å²) in [5.41, 5.74) is 1.67. The number of hydrogen-bond acceptors (Lipinski definition) is 4. The minimum Gasteiger partial charge on any atom is -0.497 e. The summed E-state index contributed by atoms with van der Waals surface area (Å²) in [7, 11) is 1.62. The fraction of sp³-hybridized carbons (Fsp3) is 0.250. The second kappa shape index (κ2) is 7.87. The lowest BCUT2D eigenvalue weighted by atomic mass is 10.2. The largest absolute Gasteiger partial charge is 0.497 e. The lowest BCUT2D eigenvalue weighted by molar-refractivity contribution is 0.242. The SMILES string of the molecule is C=CCNC(=O)NCCc1coc(-c2ccc(OC)cc2)n1. The summed E-state index contributed by atoms with van der Waals surface area (Å²) in [6.07, 6.45) is 3.82. The molecular weight excluding hydrogens is 282 g/mol. The lowest BCUT2D eigenvalue weighted by Crippen LogP contribution is -2.36. The van der Waals surface area contributed by atoms with E-state index < -0.39 is 0 Å². The number of urea groups is 1. The van der Waals surface area contributed by atoms with Crippen LogP contribution >= 0.6 is 0 Å². The van der Waals surface area contributed by atoms with Gasteiger partial charge in [0, 0.05) is 25.1 Å². The monoisotopic (exact) mass is 301 g/mol. The van der Waals surface area contributed by atoms with Crippen LogP contribution in [0.5, 0.6) is 5.75 Å². The fourth-order valence-corrected chi connectivity index (χ4v) is 1.82. The Hall–Kier alpha value is -2.76. The Bertz CT molecular complexity index is 620. The van der Waals surface area contributed by atoms with Gasteiger partial charge in [0.1, 0.15) is 12.0 Å². The predicted octanol–water partition coefficient (Wildman–Crippen LogP) is 2.38. The Morgan fingerprint density at radius 3 is 2.82 bits per heavy atom. The number of methoxy groups -OCH3 is 1. The summed E-state index contributed by atoms with van der Waals surface area (Å²) < 4.78 is 10.6. The third-order valence-corrected chi connectivity index (χ3v) is 2.96. The third kappa shape index (κ3) is 4.37. The van der Waals surface area contributed by atoms with Gasteiger partial charge < -0.3 is 19.8 Å². The molecule has 0 saturated carbocycles. The summed E-state index contributed by atoms with van der Waals surface area (Å²) in [6.45, 7) is 4.46. The highest BCUT2D eigenvalue weighted by Crippen LogP contribution is 2.21. The Labute approximate surface area is 129 Å². The molecule has 2 rings (SSSR count). The summed E-state index contributed by atoms with van der Waals surface area (Å²) in [6, 6.07) is 7.25. The van der Waals surface area contributed by atoms with Crippen molar-refractivity contribution in [1.82, 2.24) is 15.6 Å². The topological polar surface area (TPSA) is 76.4 Å². The minimum atomic E-state index is -0.223. The molecule has 2 amide bonds. The van der Waals surface area contributed by atoms with Crippen LogP contribution in [0.25, 0.3) is 11.5 Å². The first-order valence-corrected chi connectivity index (χ1v) is 6.94. The number of ether oxygens (including phenoxy) is 1. The average Bonchev–Trinajstić information content (AvgIpc) is 3.02. The summed E-state index contributed by atoms with van der Waals surface area (Å²) in [5, 5.41) is 5.37. The van der Waals surface area contributed by atoms with Gasteiger partial charge in [0.15, 0.2) is 0 Å². The van der Waals surface area contributed by atoms with E-state index in [1.165, 1.54) is 0 Å². The van der Waals surface area contributed by atoms with Gasteiger partial charge in [-0.1, -0.05) is 6.08 Å². The summed E-state index contributed by atoms with van der Waals surface area (Å²) in [5.74, 6) is 1.33. The number of amides is 2. The lowest BCUT2D eigenvalue weighted by Gasteiger charge is -2.03. The van der Waals surface area contributed by atoms with Crippen molar-refractivity contribution < 1.29 is 13.9 Å². The van der Waals surface area contributed by atoms with Crippen molar-refractivity contribution in [3.05, 3.63) is 48.9 Å². The fourth-order valence-electron chi connectivity index (χ4n) is 1.82. The number of rotatable bonds is 7. The zero-order chi connectivity index (χ0) is 15.8. The van der Waals surface area contributed by atoms with E-state index >= 15 is 0 Å². The molecule has 2 aromatic rings. The molecule has 0 fully saturated rings. The van der Waals surface area contributed by atoms with E-state index in [9.17, 15) is 4.79 Å². The van der Waals surface area contributed by atoms with Gasteiger partial charge in [0.25, 0.3) is 0 Å². The van der Waals surface area contributed by atoms with Crippen LogP contribution in [0.3, 0.4) is 0 Å². The molecule has 0 spiro atoms. The molecule has 6 heteroatoms. The molecule has 0 radical (unpaired) electrons. The van der Waals surface area contributed by atoms with Crippen molar-refractivity contribution in [2.45, 2.75) is 6.42 Å². The van der Waals surface area contributed by atoms with Crippen molar-refractivity contribution in [3.8, 4) is 17.2 Å². The number of nitrogens with zero attached hydrogens (tertiary/aromatic N) is 1. The first kappa shape index (κ1) is 15.6. The molecule has 1 heterocycles. The molecule has 0 saturated heterocycles. The molecule has 0 aliphatic heterocycles. The van der Waals surface area contributed by atoms with Crippen molar-refractivity contribution in [2.24, 2.45) is 0 Å². The highest BCUT2D eigenvalue weighted by molar-refractivity contribution is 5.73. The second-order valence-electron chi connectivity index (χ2n) is 4.55. The quantitative estimate of drug-likeness (QED) is 0.770. The van der Waals surface area contributed by atoms with Gasteiger partial charge in [-0.05, 0) is 24.3 Å². The molecule has 1 aromatic heterocycles. The molecule has 0 aliphatic carbocycles. The molecule has 0 aliphatic rings. The second-order valence-corrected chi connectivity index (χ2v) is 4.55. The maximum atomic E-state index is 11.4. The first-order chi connectivity index (χ1) is 10.7. The Morgan fingerprint density at radius 1 is 1.36 bits per heavy atom. The van der Waals surface area contributed by atoms with Crippen molar-refractivity contribution in [1.29, 1.82) is 0 Å². The molecule has 0 bridgehead atoms. The van der Waals surface area contributed by atoms with E-state index in [1.54, 1.807) is 19.4 Å². The maximum Gasteiger partial charge on any atom is 0.315 e. The Morgan fingerprint density at radius 2 is 2.14 bits per heavy atom. The molecule has 2 N–H and O–H groups in total. The van der Waals surface area contributed by atoms with E-state index in [0.717, 1.165) is 17.0 Å². The molecule has 0 unspecified atom stereocenters. The van der Waals surface area contributed by atoms with Gasteiger partial charge >= 0.3 is 6.03 Å². The van der Waals surface area contributed by atoms with E-state index in [2.05, 4.69) is 22.2 Å². The third-order valence-electron chi connectivity index (χ3n) is 2.96. The van der Waals surface area contributed by atoms with E-state index in [-0.39, 0.29) is 6.03 Å². The summed E-state index contributed by atoms with van der Waals surface area (Å²) >= 11 is 0. The van der Waals surface area contributed by atoms with Gasteiger partial charge in [0.2, 0.25) is 5.89 Å². The van der Waals surface area contributed by atoms with E-state index in [1.807, 2.05) is 24.3 Å². The normalized spacial score (nSPS) is 10.0. The van der Waals surface area contributed by atoms with Gasteiger partial charge in [-0.2, -0.15) is 0 Å². The van der Waals surface area contributed by atoms with Crippen molar-refractivity contribution >= 4 is 6.03 Å². The van der Waals surface area contributed by atoms with Crippen LogP contribution < -0.4 is 15.4 Å². The maximum absolute atomic E-state index is 11.4. The minimum absolute atomic E-state index is 0.223. The van der Waals surface area contributed by atoms with Gasteiger partial charge in [0.05, 0.1) is 12.8 Å². The van der Waals surface area contributed by atoms with Crippen LogP contribution in [0.1, 0.15) is 5.69 Å². The molecule has 1 aromatic carbocycles. The van der Waals surface area contributed by atoms with Crippen LogP contribution in [0.2, 0.25) is 0 Å². The predicted molar refractivity (Wildman–Crippen MR) is 83.8 cm³/mol. The van der Waals surface area contributed by atoms with Crippen LogP contribution in [0.15, 0.2) is 47.6 Å². The average molecular weight is 301 g/mol. The number of benzene rings is 1. The zero-order valence-electron chi connectivity index (χ0n) is 12.5. The van der Waals surface area contributed by atoms with E-state index in [0.29, 0.717) is 25.4 Å². The van der Waals surface area contributed by atoms with Gasteiger partial charge in [-0.25, -0.2) is 9.78 Å². The van der Waals surface area contributed by atoms with Crippen LogP contribution in [0.4, 0.5) is 4.79 Å². The summed E-state index contributed by atoms with van der Waals surface area (Å²) in [4.78, 5) is 15.8. The first-order valence-electron chi connectivity index (χ1n) is 6.94. The highest BCUT2D eigenvalue weighted by Gasteiger charge is 2.07. The van der Waals surface area contributed by atoms with Crippen molar-refractivity contribution in [2.75, 3.05) is 20.2 Å². The Balaban J connectivity index is 1.85. The number of nitrogens with one attached hydrogen (secondary N) is 2. The number of carbonyl (C=O) groups excluding carboxylic acids is 1. The van der Waals surface area contributed by atoms with Crippen LogP contribution in [0, 0.1) is 0 Å². The highest BCUT2D eigenvalue weighted by atomic mass is 16.5. The Kier molecular flexibility index (Phi) is 5.59. The van der Waals surface area contributed by atoms with Crippen molar-refractivity contribution in [3.63, 3.8) is 0 Å². The van der Waals surface area contributed by atoms with Gasteiger partial charge in [-0.3, -0.25) is 0 Å². The standard InChI is InChI=1S/C16H19N3O3/c1-3-9-17-16(20)18-10-8-13-11-22-15(19-13)12-4-6-14(21-2)7-5-12/h3-7,11H,1,8-10H2,2H3,(H2,17,18,20). The molecule has 22 heavy (non-hydrogen) atoms. The number of carbonyl (C=O) groups is 1. The number of hydrogen-bond donors (Lipinski definition) is 2. The van der Waals surface area contributed by atoms with E-state index in [4.69, 9.17) is 9.15 Å².